The fourth-order valence-electron chi connectivity index (χ4n) is 4.83. The van der Waals surface area contributed by atoms with Crippen molar-refractivity contribution in [3.63, 3.8) is 0 Å². The van der Waals surface area contributed by atoms with Crippen molar-refractivity contribution < 1.29 is 0 Å². The summed E-state index contributed by atoms with van der Waals surface area (Å²) in [4.78, 5) is 0. The van der Waals surface area contributed by atoms with Gasteiger partial charge in [-0.3, -0.25) is 0 Å². The molecular formula is C32H21Cl. The van der Waals surface area contributed by atoms with Crippen LogP contribution >= 0.6 is 11.6 Å². The molecule has 0 bridgehead atoms. The van der Waals surface area contributed by atoms with E-state index in [0.717, 1.165) is 10.6 Å². The summed E-state index contributed by atoms with van der Waals surface area (Å²) in [5, 5.41) is 5.78. The summed E-state index contributed by atoms with van der Waals surface area (Å²) in [5.74, 6) is 0. The van der Waals surface area contributed by atoms with Crippen molar-refractivity contribution in [3.8, 4) is 33.4 Å². The summed E-state index contributed by atoms with van der Waals surface area (Å²) >= 11 is 6.21. The van der Waals surface area contributed by atoms with Crippen LogP contribution < -0.4 is 0 Å². The first-order chi connectivity index (χ1) is 16.3. The zero-order valence-electron chi connectivity index (χ0n) is 18.0. The van der Waals surface area contributed by atoms with E-state index in [2.05, 4.69) is 115 Å². The molecule has 0 fully saturated rings. The minimum absolute atomic E-state index is 0.749. The molecule has 0 atom stereocenters. The maximum Gasteiger partial charge on any atom is 0.0406 e. The largest absolute Gasteiger partial charge is 0.0843 e. The van der Waals surface area contributed by atoms with Gasteiger partial charge in [0.2, 0.25) is 0 Å². The van der Waals surface area contributed by atoms with Gasteiger partial charge >= 0.3 is 0 Å². The third-order valence-electron chi connectivity index (χ3n) is 6.36. The Hall–Kier alpha value is -3.87. The van der Waals surface area contributed by atoms with Crippen LogP contribution in [0.15, 0.2) is 127 Å². The Morgan fingerprint density at radius 1 is 0.364 bits per heavy atom. The van der Waals surface area contributed by atoms with Gasteiger partial charge in [-0.25, -0.2) is 0 Å². The summed E-state index contributed by atoms with van der Waals surface area (Å²) in [5.41, 5.74) is 7.33. The van der Waals surface area contributed by atoms with Crippen LogP contribution in [0.25, 0.3) is 54.9 Å². The second-order valence-electron chi connectivity index (χ2n) is 8.29. The molecule has 0 aliphatic carbocycles. The highest BCUT2D eigenvalue weighted by Crippen LogP contribution is 2.42. The molecule has 1 heteroatoms. The van der Waals surface area contributed by atoms with Gasteiger partial charge in [0, 0.05) is 5.02 Å². The number of hydrogen-bond donors (Lipinski definition) is 0. The summed E-state index contributed by atoms with van der Waals surface area (Å²) in [6, 6.07) is 45.1. The van der Waals surface area contributed by atoms with Crippen LogP contribution in [0.3, 0.4) is 0 Å². The Bertz CT molecular complexity index is 1590. The minimum Gasteiger partial charge on any atom is -0.0843 e. The maximum absolute atomic E-state index is 6.21. The van der Waals surface area contributed by atoms with E-state index >= 15 is 0 Å². The Morgan fingerprint density at radius 3 is 1.76 bits per heavy atom. The van der Waals surface area contributed by atoms with Crippen molar-refractivity contribution in [2.75, 3.05) is 0 Å². The van der Waals surface area contributed by atoms with Gasteiger partial charge in [0.15, 0.2) is 0 Å². The second-order valence-corrected chi connectivity index (χ2v) is 8.72. The lowest BCUT2D eigenvalue weighted by molar-refractivity contribution is 1.62. The average Bonchev–Trinajstić information content (AvgIpc) is 2.88. The van der Waals surface area contributed by atoms with Crippen LogP contribution in [0.1, 0.15) is 0 Å². The smallest absolute Gasteiger partial charge is 0.0406 e. The molecule has 156 valence electrons. The average molecular weight is 441 g/mol. The van der Waals surface area contributed by atoms with Crippen molar-refractivity contribution in [1.82, 2.24) is 0 Å². The van der Waals surface area contributed by atoms with Gasteiger partial charge in [-0.15, -0.1) is 0 Å². The lowest BCUT2D eigenvalue weighted by atomic mass is 9.86. The number of rotatable bonds is 3. The Balaban J connectivity index is 1.72. The molecule has 0 aromatic heterocycles. The van der Waals surface area contributed by atoms with Crippen molar-refractivity contribution >= 4 is 33.1 Å². The van der Waals surface area contributed by atoms with Crippen molar-refractivity contribution in [2.24, 2.45) is 0 Å². The molecule has 0 nitrogen and oxygen atoms in total. The highest BCUT2D eigenvalue weighted by Gasteiger charge is 2.15. The molecule has 33 heavy (non-hydrogen) atoms. The molecule has 0 N–H and O–H groups in total. The number of benzene rings is 6. The molecule has 6 aromatic rings. The van der Waals surface area contributed by atoms with Gasteiger partial charge in [0.1, 0.15) is 0 Å². The number of halogens is 1. The first-order valence-electron chi connectivity index (χ1n) is 11.1. The maximum atomic E-state index is 6.21. The van der Waals surface area contributed by atoms with E-state index in [4.69, 9.17) is 11.6 Å². The predicted octanol–water partition coefficient (Wildman–Crippen LogP) is 9.65. The van der Waals surface area contributed by atoms with E-state index in [0.29, 0.717) is 0 Å². The molecule has 0 aliphatic heterocycles. The van der Waals surface area contributed by atoms with Crippen LogP contribution in [0, 0.1) is 0 Å². The van der Waals surface area contributed by atoms with Gasteiger partial charge in [-0.05, 0) is 67.1 Å². The van der Waals surface area contributed by atoms with Crippen molar-refractivity contribution in [1.29, 1.82) is 0 Å². The normalized spacial score (nSPS) is 11.2. The van der Waals surface area contributed by atoms with Crippen LogP contribution in [-0.4, -0.2) is 0 Å². The molecule has 0 radical (unpaired) electrons. The predicted molar refractivity (Wildman–Crippen MR) is 143 cm³/mol. The molecule has 6 rings (SSSR count). The molecular weight excluding hydrogens is 420 g/mol. The van der Waals surface area contributed by atoms with E-state index in [1.807, 2.05) is 12.1 Å². The lowest BCUT2D eigenvalue weighted by Crippen LogP contribution is -1.90. The Labute approximate surface area is 198 Å². The minimum atomic E-state index is 0.749. The molecule has 0 heterocycles. The molecule has 0 saturated heterocycles. The lowest BCUT2D eigenvalue weighted by Gasteiger charge is -2.17. The second kappa shape index (κ2) is 8.24. The van der Waals surface area contributed by atoms with E-state index in [9.17, 15) is 0 Å². The fourth-order valence-corrected chi connectivity index (χ4v) is 4.96. The van der Waals surface area contributed by atoms with E-state index in [1.165, 1.54) is 49.4 Å². The zero-order chi connectivity index (χ0) is 22.2. The van der Waals surface area contributed by atoms with E-state index < -0.39 is 0 Å². The third kappa shape index (κ3) is 3.50. The molecule has 0 spiro atoms. The highest BCUT2D eigenvalue weighted by molar-refractivity contribution is 6.30. The Morgan fingerprint density at radius 2 is 0.909 bits per heavy atom. The summed E-state index contributed by atoms with van der Waals surface area (Å²) < 4.78 is 0. The zero-order valence-corrected chi connectivity index (χ0v) is 18.8. The van der Waals surface area contributed by atoms with Crippen LogP contribution in [0.4, 0.5) is 0 Å². The van der Waals surface area contributed by atoms with Crippen molar-refractivity contribution in [2.45, 2.75) is 0 Å². The molecule has 0 saturated carbocycles. The van der Waals surface area contributed by atoms with Crippen LogP contribution in [0.2, 0.25) is 5.02 Å². The molecule has 0 unspecified atom stereocenters. The molecule has 0 aliphatic rings. The van der Waals surface area contributed by atoms with Crippen molar-refractivity contribution in [3.05, 3.63) is 132 Å². The van der Waals surface area contributed by atoms with E-state index in [-0.39, 0.29) is 0 Å². The quantitative estimate of drug-likeness (QED) is 0.257. The van der Waals surface area contributed by atoms with Gasteiger partial charge in [0.25, 0.3) is 0 Å². The molecule has 0 amide bonds. The monoisotopic (exact) mass is 440 g/mol. The Kier molecular flexibility index (Phi) is 4.94. The SMILES string of the molecule is Clc1ccc(-c2ccc(-c3cccc4ccccc34)c3cccc(-c4ccccc4)c23)cc1. The third-order valence-corrected chi connectivity index (χ3v) is 6.61. The highest BCUT2D eigenvalue weighted by atomic mass is 35.5. The number of hydrogen-bond acceptors (Lipinski definition) is 0. The van der Waals surface area contributed by atoms with Crippen LogP contribution in [0.5, 0.6) is 0 Å². The summed E-state index contributed by atoms with van der Waals surface area (Å²) in [7, 11) is 0. The summed E-state index contributed by atoms with van der Waals surface area (Å²) in [6.07, 6.45) is 0. The number of fused-ring (bicyclic) bond motifs is 2. The fraction of sp³-hybridized carbons (Fsp3) is 0. The summed E-state index contributed by atoms with van der Waals surface area (Å²) in [6.45, 7) is 0. The van der Waals surface area contributed by atoms with Gasteiger partial charge in [-0.1, -0.05) is 127 Å². The van der Waals surface area contributed by atoms with E-state index in [1.54, 1.807) is 0 Å². The first-order valence-corrected chi connectivity index (χ1v) is 11.5. The topological polar surface area (TPSA) is 0 Å². The van der Waals surface area contributed by atoms with Gasteiger partial charge in [0.05, 0.1) is 0 Å². The van der Waals surface area contributed by atoms with Crippen LogP contribution in [-0.2, 0) is 0 Å². The first kappa shape index (κ1) is 19.8. The standard InChI is InChI=1S/C32H21Cl/c33-25-18-16-24(17-19-25)28-20-21-30(29-14-6-11-22-10-4-5-12-26(22)29)31-15-7-13-27(32(28)31)23-8-2-1-3-9-23/h1-21H. The van der Waals surface area contributed by atoms with Gasteiger partial charge < -0.3 is 0 Å². The molecule has 6 aromatic carbocycles. The van der Waals surface area contributed by atoms with Gasteiger partial charge in [-0.2, -0.15) is 0 Å².